The van der Waals surface area contributed by atoms with Gasteiger partial charge in [0.2, 0.25) is 0 Å². The number of thiophene rings is 1. The Morgan fingerprint density at radius 1 is 1.32 bits per heavy atom. The first-order chi connectivity index (χ1) is 16.5. The highest BCUT2D eigenvalue weighted by Gasteiger charge is 2.35. The Morgan fingerprint density at radius 3 is 2.94 bits per heavy atom. The second-order valence-electron chi connectivity index (χ2n) is 7.98. The van der Waals surface area contributed by atoms with Crippen molar-refractivity contribution in [2.75, 3.05) is 13.1 Å². The number of fused-ring (bicyclic) bond motifs is 1. The fourth-order valence-corrected chi connectivity index (χ4v) is 4.91. The van der Waals surface area contributed by atoms with Gasteiger partial charge in [0.25, 0.3) is 11.5 Å². The van der Waals surface area contributed by atoms with Crippen molar-refractivity contribution in [1.82, 2.24) is 19.9 Å². The zero-order chi connectivity index (χ0) is 23.7. The van der Waals surface area contributed by atoms with Crippen molar-refractivity contribution in [3.63, 3.8) is 0 Å². The molecule has 34 heavy (non-hydrogen) atoms. The molecule has 1 atom stereocenters. The molecular formula is C24H22ClN5O3S. The predicted molar refractivity (Wildman–Crippen MR) is 132 cm³/mol. The van der Waals surface area contributed by atoms with Crippen LogP contribution in [-0.2, 0) is 11.3 Å². The number of carbonyl (C=O) groups is 1. The van der Waals surface area contributed by atoms with Gasteiger partial charge in [-0.25, -0.2) is 9.99 Å². The number of nitrogens with one attached hydrogen (secondary N) is 1. The van der Waals surface area contributed by atoms with Gasteiger partial charge in [-0.15, -0.1) is 11.3 Å². The van der Waals surface area contributed by atoms with Crippen molar-refractivity contribution < 1.29 is 9.21 Å². The molecule has 3 aromatic heterocycles. The number of likely N-dealkylation sites (N-methyl/N-ethyl adjacent to an activating group) is 1. The number of hydrogen-bond donors (Lipinski definition) is 1. The number of rotatable bonds is 7. The van der Waals surface area contributed by atoms with Gasteiger partial charge in [-0.3, -0.25) is 14.5 Å². The van der Waals surface area contributed by atoms with Crippen molar-refractivity contribution in [1.29, 1.82) is 0 Å². The summed E-state index contributed by atoms with van der Waals surface area (Å²) >= 11 is 7.67. The van der Waals surface area contributed by atoms with E-state index in [4.69, 9.17) is 16.0 Å². The molecule has 0 fully saturated rings. The number of carbonyl (C=O) groups excluding carboxylic acids is 1. The molecule has 0 spiro atoms. The van der Waals surface area contributed by atoms with Crippen molar-refractivity contribution in [2.45, 2.75) is 25.9 Å². The van der Waals surface area contributed by atoms with Gasteiger partial charge in [-0.2, -0.15) is 5.10 Å². The summed E-state index contributed by atoms with van der Waals surface area (Å²) in [6, 6.07) is 12.3. The summed E-state index contributed by atoms with van der Waals surface area (Å²) in [6.45, 7) is 2.97. The summed E-state index contributed by atoms with van der Waals surface area (Å²) in [5, 5.41) is 9.16. The molecule has 0 bridgehead atoms. The largest absolute Gasteiger partial charge is 0.467 e. The summed E-state index contributed by atoms with van der Waals surface area (Å²) in [5.74, 6) is 1.02. The third-order valence-corrected chi connectivity index (χ3v) is 6.89. The van der Waals surface area contributed by atoms with E-state index in [1.54, 1.807) is 35.8 Å². The lowest BCUT2D eigenvalue weighted by Crippen LogP contribution is -2.38. The molecule has 1 aliphatic heterocycles. The highest BCUT2D eigenvalue weighted by Crippen LogP contribution is 2.34. The average molecular weight is 496 g/mol. The van der Waals surface area contributed by atoms with E-state index < -0.39 is 0 Å². The first-order valence-electron chi connectivity index (χ1n) is 10.9. The molecule has 0 radical (unpaired) electrons. The van der Waals surface area contributed by atoms with Crippen LogP contribution in [0, 0.1) is 0 Å². The first-order valence-corrected chi connectivity index (χ1v) is 12.1. The van der Waals surface area contributed by atoms with Crippen LogP contribution in [0.4, 0.5) is 0 Å². The lowest BCUT2D eigenvalue weighted by molar-refractivity contribution is -0.134. The van der Waals surface area contributed by atoms with Crippen LogP contribution in [0.15, 0.2) is 68.4 Å². The Labute approximate surface area is 204 Å². The minimum absolute atomic E-state index is 0.117. The van der Waals surface area contributed by atoms with Gasteiger partial charge in [0.1, 0.15) is 17.6 Å². The van der Waals surface area contributed by atoms with Crippen LogP contribution in [0.5, 0.6) is 0 Å². The standard InChI is InChI=1S/C24H22ClN5O3S/c1-2-29(13-22-26-17-11-15(25)7-8-16(17)24(32)27-22)14-23(31)30-19(20-5-3-9-33-20)12-18(28-30)21-6-4-10-34-21/h3-11,19H,2,12-14H2,1H3,(H,26,27,32). The predicted octanol–water partition coefficient (Wildman–Crippen LogP) is 4.43. The fourth-order valence-electron chi connectivity index (χ4n) is 4.03. The molecule has 8 nitrogen and oxygen atoms in total. The first kappa shape index (κ1) is 22.5. The minimum atomic E-state index is -0.293. The fraction of sp³-hybridized carbons (Fsp3) is 0.250. The van der Waals surface area contributed by atoms with E-state index in [0.717, 1.165) is 10.6 Å². The van der Waals surface area contributed by atoms with Crippen molar-refractivity contribution in [3.05, 3.63) is 85.9 Å². The number of hydrogen-bond acceptors (Lipinski definition) is 7. The maximum absolute atomic E-state index is 13.4. The Kier molecular flexibility index (Phi) is 6.32. The van der Waals surface area contributed by atoms with E-state index in [1.165, 1.54) is 5.01 Å². The lowest BCUT2D eigenvalue weighted by atomic mass is 10.1. The van der Waals surface area contributed by atoms with Gasteiger partial charge in [0, 0.05) is 11.4 Å². The third kappa shape index (κ3) is 4.54. The minimum Gasteiger partial charge on any atom is -0.467 e. The van der Waals surface area contributed by atoms with E-state index in [0.29, 0.717) is 47.0 Å². The van der Waals surface area contributed by atoms with Crippen molar-refractivity contribution >= 4 is 45.5 Å². The second-order valence-corrected chi connectivity index (χ2v) is 9.36. The Morgan fingerprint density at radius 2 is 2.21 bits per heavy atom. The number of furan rings is 1. The monoisotopic (exact) mass is 495 g/mol. The normalized spacial score (nSPS) is 15.9. The molecule has 1 unspecified atom stereocenters. The van der Waals surface area contributed by atoms with Crippen LogP contribution in [0.3, 0.4) is 0 Å². The molecule has 174 valence electrons. The molecule has 0 aliphatic carbocycles. The SMILES string of the molecule is CCN(CC(=O)N1N=C(c2cccs2)CC1c1ccco1)Cc1nc2cc(Cl)ccc2c(=O)[nH]1. The summed E-state index contributed by atoms with van der Waals surface area (Å²) in [5.41, 5.74) is 1.16. The molecule has 1 aromatic carbocycles. The van der Waals surface area contributed by atoms with E-state index >= 15 is 0 Å². The number of halogens is 1. The topological polar surface area (TPSA) is 94.8 Å². The molecule has 0 saturated heterocycles. The van der Waals surface area contributed by atoms with Crippen LogP contribution in [0.25, 0.3) is 10.9 Å². The van der Waals surface area contributed by atoms with Gasteiger partial charge in [-0.05, 0) is 48.3 Å². The molecule has 0 saturated carbocycles. The van der Waals surface area contributed by atoms with Crippen LogP contribution in [0.2, 0.25) is 5.02 Å². The van der Waals surface area contributed by atoms with Gasteiger partial charge >= 0.3 is 0 Å². The van der Waals surface area contributed by atoms with Crippen LogP contribution >= 0.6 is 22.9 Å². The third-order valence-electron chi connectivity index (χ3n) is 5.74. The molecule has 5 rings (SSSR count). The summed E-state index contributed by atoms with van der Waals surface area (Å²) in [6.07, 6.45) is 2.19. The number of H-pyrrole nitrogens is 1. The number of hydrazone groups is 1. The maximum Gasteiger partial charge on any atom is 0.258 e. The van der Waals surface area contributed by atoms with Crippen LogP contribution in [0.1, 0.15) is 35.8 Å². The average Bonchev–Trinajstić information content (AvgIpc) is 3.59. The van der Waals surface area contributed by atoms with Crippen molar-refractivity contribution in [3.8, 4) is 0 Å². The number of benzene rings is 1. The zero-order valence-electron chi connectivity index (χ0n) is 18.4. The Balaban J connectivity index is 1.37. The van der Waals surface area contributed by atoms with E-state index in [2.05, 4.69) is 15.1 Å². The van der Waals surface area contributed by atoms with E-state index in [-0.39, 0.29) is 24.1 Å². The quantitative estimate of drug-likeness (QED) is 0.409. The van der Waals surface area contributed by atoms with E-state index in [9.17, 15) is 9.59 Å². The summed E-state index contributed by atoms with van der Waals surface area (Å²) in [7, 11) is 0. The van der Waals surface area contributed by atoms with Gasteiger partial charge in [-0.1, -0.05) is 24.6 Å². The number of amides is 1. The summed E-state index contributed by atoms with van der Waals surface area (Å²) < 4.78 is 5.62. The molecule has 4 aromatic rings. The molecule has 1 N–H and O–H groups in total. The van der Waals surface area contributed by atoms with Crippen LogP contribution in [-0.4, -0.2) is 44.6 Å². The number of aromatic nitrogens is 2. The second kappa shape index (κ2) is 9.54. The molecular weight excluding hydrogens is 474 g/mol. The maximum atomic E-state index is 13.4. The zero-order valence-corrected chi connectivity index (χ0v) is 20.0. The lowest BCUT2D eigenvalue weighted by Gasteiger charge is -2.24. The van der Waals surface area contributed by atoms with Crippen LogP contribution < -0.4 is 5.56 Å². The van der Waals surface area contributed by atoms with Crippen molar-refractivity contribution in [2.24, 2.45) is 5.10 Å². The smallest absolute Gasteiger partial charge is 0.258 e. The number of aromatic amines is 1. The summed E-state index contributed by atoms with van der Waals surface area (Å²) in [4.78, 5) is 36.2. The molecule has 4 heterocycles. The van der Waals surface area contributed by atoms with Gasteiger partial charge in [0.05, 0.1) is 40.8 Å². The van der Waals surface area contributed by atoms with Gasteiger partial charge < -0.3 is 9.40 Å². The van der Waals surface area contributed by atoms with Gasteiger partial charge in [0.15, 0.2) is 0 Å². The molecule has 1 aliphatic rings. The Bertz CT molecular complexity index is 1400. The molecule has 1 amide bonds. The highest BCUT2D eigenvalue weighted by atomic mass is 35.5. The van der Waals surface area contributed by atoms with E-state index in [1.807, 2.05) is 41.5 Å². The number of nitrogens with zero attached hydrogens (tertiary/aromatic N) is 4. The molecule has 10 heteroatoms. The Hall–Kier alpha value is -3.27. The highest BCUT2D eigenvalue weighted by molar-refractivity contribution is 7.12.